The molecule has 1 fully saturated rings. The van der Waals surface area contributed by atoms with Crippen LogP contribution in [0.3, 0.4) is 0 Å². The van der Waals surface area contributed by atoms with Crippen LogP contribution in [0.2, 0.25) is 0 Å². The second-order valence-electron chi connectivity index (χ2n) is 5.90. The molecule has 2 nitrogen and oxygen atoms in total. The van der Waals surface area contributed by atoms with Crippen LogP contribution in [-0.4, -0.2) is 30.0 Å². The van der Waals surface area contributed by atoms with E-state index in [-0.39, 0.29) is 0 Å². The van der Waals surface area contributed by atoms with Gasteiger partial charge in [-0.05, 0) is 49.6 Å². The van der Waals surface area contributed by atoms with Gasteiger partial charge in [0.15, 0.2) is 0 Å². The van der Waals surface area contributed by atoms with Crippen molar-refractivity contribution in [2.75, 3.05) is 20.1 Å². The number of rotatable bonds is 2. The van der Waals surface area contributed by atoms with E-state index in [4.69, 9.17) is 0 Å². The van der Waals surface area contributed by atoms with Crippen LogP contribution >= 0.6 is 0 Å². The summed E-state index contributed by atoms with van der Waals surface area (Å²) in [5.41, 5.74) is 6.73. The van der Waals surface area contributed by atoms with Crippen LogP contribution in [0.5, 0.6) is 0 Å². The molecule has 2 heterocycles. The number of benzene rings is 1. The van der Waals surface area contributed by atoms with E-state index < -0.39 is 0 Å². The van der Waals surface area contributed by atoms with Crippen LogP contribution in [0, 0.1) is 6.92 Å². The Morgan fingerprint density at radius 3 is 2.38 bits per heavy atom. The summed E-state index contributed by atoms with van der Waals surface area (Å²) in [7, 11) is 2.20. The van der Waals surface area contributed by atoms with E-state index in [0.717, 1.165) is 25.9 Å². The maximum atomic E-state index is 4.40. The van der Waals surface area contributed by atoms with Gasteiger partial charge in [-0.2, -0.15) is 0 Å². The number of nitrogens with zero attached hydrogens (tertiary/aromatic N) is 2. The molecule has 0 aliphatic carbocycles. The molecule has 0 N–H and O–H groups in total. The highest BCUT2D eigenvalue weighted by molar-refractivity contribution is 5.82. The number of piperidine rings is 1. The Kier molecular flexibility index (Phi) is 4.16. The molecule has 1 saturated heterocycles. The zero-order valence-corrected chi connectivity index (χ0v) is 12.8. The lowest BCUT2D eigenvalue weighted by molar-refractivity contribution is 0.313. The molecule has 1 aliphatic heterocycles. The molecule has 2 heteroatoms. The second kappa shape index (κ2) is 6.23. The molecule has 1 aromatic carbocycles. The maximum absolute atomic E-state index is 4.40. The number of hydrogen-bond donors (Lipinski definition) is 0. The van der Waals surface area contributed by atoms with Crippen LogP contribution in [-0.2, 0) is 0 Å². The van der Waals surface area contributed by atoms with Gasteiger partial charge < -0.3 is 4.90 Å². The predicted octanol–water partition coefficient (Wildman–Crippen LogP) is 3.92. The lowest BCUT2D eigenvalue weighted by Crippen LogP contribution is -2.26. The summed E-state index contributed by atoms with van der Waals surface area (Å²) in [5, 5.41) is 0. The highest BCUT2D eigenvalue weighted by Crippen LogP contribution is 2.31. The average Bonchev–Trinajstić information content (AvgIpc) is 2.51. The standard InChI is InChI=1S/C19H22N2/c1-15-12-18(14-20-13-15)19(16-6-4-3-5-7-16)17-8-10-21(2)11-9-17/h3-7,12-14H,8-11H2,1-2H3. The van der Waals surface area contributed by atoms with Gasteiger partial charge in [0.1, 0.15) is 0 Å². The third kappa shape index (κ3) is 3.22. The average molecular weight is 278 g/mol. The van der Waals surface area contributed by atoms with Crippen molar-refractivity contribution in [3.63, 3.8) is 0 Å². The van der Waals surface area contributed by atoms with E-state index in [1.165, 1.54) is 22.3 Å². The first-order valence-corrected chi connectivity index (χ1v) is 7.62. The molecule has 3 rings (SSSR count). The first-order chi connectivity index (χ1) is 10.2. The Morgan fingerprint density at radius 2 is 1.71 bits per heavy atom. The Morgan fingerprint density at radius 1 is 1.00 bits per heavy atom. The molecule has 0 unspecified atom stereocenters. The SMILES string of the molecule is Cc1cncc(C(=C2CCN(C)CC2)c2ccccc2)c1. The second-order valence-corrected chi connectivity index (χ2v) is 5.90. The molecule has 21 heavy (non-hydrogen) atoms. The van der Waals surface area contributed by atoms with Crippen molar-refractivity contribution in [3.05, 3.63) is 71.1 Å². The van der Waals surface area contributed by atoms with Crippen molar-refractivity contribution in [2.24, 2.45) is 0 Å². The summed E-state index contributed by atoms with van der Waals surface area (Å²) < 4.78 is 0. The Balaban J connectivity index is 2.10. The minimum absolute atomic E-state index is 1.14. The Hall–Kier alpha value is -1.93. The summed E-state index contributed by atoms with van der Waals surface area (Å²) >= 11 is 0. The summed E-state index contributed by atoms with van der Waals surface area (Å²) in [6.45, 7) is 4.40. The summed E-state index contributed by atoms with van der Waals surface area (Å²) in [6.07, 6.45) is 6.22. The molecular weight excluding hydrogens is 256 g/mol. The van der Waals surface area contributed by atoms with E-state index >= 15 is 0 Å². The van der Waals surface area contributed by atoms with Crippen molar-refractivity contribution < 1.29 is 0 Å². The Labute approximate surface area is 127 Å². The van der Waals surface area contributed by atoms with E-state index in [2.05, 4.69) is 60.3 Å². The van der Waals surface area contributed by atoms with Gasteiger partial charge in [0.25, 0.3) is 0 Å². The molecule has 0 bridgehead atoms. The van der Waals surface area contributed by atoms with Crippen molar-refractivity contribution in [1.82, 2.24) is 9.88 Å². The van der Waals surface area contributed by atoms with E-state index in [9.17, 15) is 0 Å². The minimum atomic E-state index is 1.14. The maximum Gasteiger partial charge on any atom is 0.0346 e. The van der Waals surface area contributed by atoms with Gasteiger partial charge in [-0.3, -0.25) is 4.98 Å². The van der Waals surface area contributed by atoms with Crippen LogP contribution in [0.4, 0.5) is 0 Å². The molecular formula is C19H22N2. The summed E-state index contributed by atoms with van der Waals surface area (Å²) in [4.78, 5) is 6.80. The van der Waals surface area contributed by atoms with Crippen molar-refractivity contribution in [3.8, 4) is 0 Å². The first-order valence-electron chi connectivity index (χ1n) is 7.62. The van der Waals surface area contributed by atoms with E-state index in [0.29, 0.717) is 0 Å². The largest absolute Gasteiger partial charge is 0.306 e. The zero-order valence-electron chi connectivity index (χ0n) is 12.8. The lowest BCUT2D eigenvalue weighted by Gasteiger charge is -2.27. The zero-order chi connectivity index (χ0) is 14.7. The van der Waals surface area contributed by atoms with Crippen LogP contribution in [0.1, 0.15) is 29.5 Å². The monoisotopic (exact) mass is 278 g/mol. The molecule has 0 spiro atoms. The highest BCUT2D eigenvalue weighted by Gasteiger charge is 2.17. The van der Waals surface area contributed by atoms with E-state index in [1.807, 2.05) is 12.4 Å². The molecule has 2 aromatic rings. The molecule has 108 valence electrons. The molecule has 1 aliphatic rings. The van der Waals surface area contributed by atoms with Crippen LogP contribution in [0.25, 0.3) is 5.57 Å². The molecule has 0 radical (unpaired) electrons. The number of pyridine rings is 1. The third-order valence-electron chi connectivity index (χ3n) is 4.17. The van der Waals surface area contributed by atoms with Gasteiger partial charge in [-0.1, -0.05) is 35.9 Å². The minimum Gasteiger partial charge on any atom is -0.306 e. The number of likely N-dealkylation sites (tertiary alicyclic amines) is 1. The predicted molar refractivity (Wildman–Crippen MR) is 88.2 cm³/mol. The first kappa shape index (κ1) is 14.0. The van der Waals surface area contributed by atoms with Crippen molar-refractivity contribution in [1.29, 1.82) is 0 Å². The third-order valence-corrected chi connectivity index (χ3v) is 4.17. The quantitative estimate of drug-likeness (QED) is 0.827. The van der Waals surface area contributed by atoms with Gasteiger partial charge in [0, 0.05) is 31.0 Å². The fraction of sp³-hybridized carbons (Fsp3) is 0.316. The van der Waals surface area contributed by atoms with Crippen molar-refractivity contribution in [2.45, 2.75) is 19.8 Å². The van der Waals surface area contributed by atoms with Gasteiger partial charge in [0.05, 0.1) is 0 Å². The Bertz CT molecular complexity index is 634. The summed E-state index contributed by atoms with van der Waals surface area (Å²) in [6, 6.07) is 13.0. The topological polar surface area (TPSA) is 16.1 Å². The van der Waals surface area contributed by atoms with Crippen LogP contribution < -0.4 is 0 Å². The normalized spacial score (nSPS) is 16.0. The number of aryl methyl sites for hydroxylation is 1. The molecule has 0 atom stereocenters. The van der Waals surface area contributed by atoms with Gasteiger partial charge >= 0.3 is 0 Å². The van der Waals surface area contributed by atoms with Gasteiger partial charge in [-0.25, -0.2) is 0 Å². The highest BCUT2D eigenvalue weighted by atomic mass is 15.1. The van der Waals surface area contributed by atoms with Gasteiger partial charge in [0.2, 0.25) is 0 Å². The number of hydrogen-bond acceptors (Lipinski definition) is 2. The summed E-state index contributed by atoms with van der Waals surface area (Å²) in [5.74, 6) is 0. The smallest absolute Gasteiger partial charge is 0.0346 e. The molecule has 0 amide bonds. The lowest BCUT2D eigenvalue weighted by atomic mass is 9.89. The fourth-order valence-electron chi connectivity index (χ4n) is 3.01. The molecule has 1 aromatic heterocycles. The molecule has 0 saturated carbocycles. The fourth-order valence-corrected chi connectivity index (χ4v) is 3.01. The van der Waals surface area contributed by atoms with Gasteiger partial charge in [-0.15, -0.1) is 0 Å². The van der Waals surface area contributed by atoms with E-state index in [1.54, 1.807) is 5.57 Å². The van der Waals surface area contributed by atoms with Crippen LogP contribution in [0.15, 0.2) is 54.4 Å². The van der Waals surface area contributed by atoms with Crippen molar-refractivity contribution >= 4 is 5.57 Å². The number of aromatic nitrogens is 1.